The molecular formula is C26H30N4O4. The Hall–Kier alpha value is -3.55. The first kappa shape index (κ1) is 22.3. The molecule has 8 heteroatoms. The number of rotatable bonds is 6. The van der Waals surface area contributed by atoms with E-state index in [1.54, 1.807) is 31.5 Å². The first-order valence-electron chi connectivity index (χ1n) is 11.7. The van der Waals surface area contributed by atoms with Crippen LogP contribution in [0.4, 0.5) is 0 Å². The molecule has 0 radical (unpaired) electrons. The van der Waals surface area contributed by atoms with Gasteiger partial charge in [0.1, 0.15) is 22.7 Å². The van der Waals surface area contributed by atoms with Crippen molar-refractivity contribution in [3.8, 4) is 11.5 Å². The van der Waals surface area contributed by atoms with E-state index in [9.17, 15) is 9.59 Å². The zero-order chi connectivity index (χ0) is 23.9. The van der Waals surface area contributed by atoms with Crippen LogP contribution < -0.4 is 14.8 Å². The van der Waals surface area contributed by atoms with E-state index in [4.69, 9.17) is 9.47 Å². The monoisotopic (exact) mass is 462 g/mol. The summed E-state index contributed by atoms with van der Waals surface area (Å²) >= 11 is 0. The third-order valence-electron chi connectivity index (χ3n) is 7.19. The largest absolute Gasteiger partial charge is 0.496 e. The van der Waals surface area contributed by atoms with Crippen molar-refractivity contribution in [3.05, 3.63) is 54.0 Å². The molecular weight excluding hydrogens is 432 g/mol. The Morgan fingerprint density at radius 3 is 2.59 bits per heavy atom. The maximum Gasteiger partial charge on any atom is 0.271 e. The molecule has 1 aliphatic carbocycles. The Morgan fingerprint density at radius 1 is 1.18 bits per heavy atom. The average Bonchev–Trinajstić information content (AvgIpc) is 3.50. The van der Waals surface area contributed by atoms with Crippen molar-refractivity contribution < 1.29 is 19.1 Å². The lowest BCUT2D eigenvalue weighted by atomic mass is 9.93. The highest BCUT2D eigenvalue weighted by Crippen LogP contribution is 2.40. The second kappa shape index (κ2) is 8.66. The van der Waals surface area contributed by atoms with Crippen LogP contribution in [0.1, 0.15) is 48.7 Å². The Kier molecular flexibility index (Phi) is 5.67. The molecule has 0 bridgehead atoms. The number of fused-ring (bicyclic) bond motifs is 3. The van der Waals surface area contributed by atoms with E-state index < -0.39 is 5.54 Å². The molecule has 2 aromatic heterocycles. The van der Waals surface area contributed by atoms with Crippen LogP contribution in [0, 0.1) is 0 Å². The summed E-state index contributed by atoms with van der Waals surface area (Å²) in [6.07, 6.45) is 7.61. The number of benzene rings is 1. The van der Waals surface area contributed by atoms with E-state index in [1.807, 2.05) is 41.8 Å². The summed E-state index contributed by atoms with van der Waals surface area (Å²) in [5, 5.41) is 4.01. The fourth-order valence-corrected chi connectivity index (χ4v) is 5.29. The molecule has 3 heterocycles. The predicted octanol–water partition coefficient (Wildman–Crippen LogP) is 3.53. The number of nitrogens with one attached hydrogen (secondary N) is 1. The third-order valence-corrected chi connectivity index (χ3v) is 7.19. The Labute approximate surface area is 198 Å². The van der Waals surface area contributed by atoms with Crippen molar-refractivity contribution in [3.63, 3.8) is 0 Å². The van der Waals surface area contributed by atoms with Crippen molar-refractivity contribution in [2.24, 2.45) is 0 Å². The number of pyridine rings is 1. The van der Waals surface area contributed by atoms with Gasteiger partial charge in [-0.25, -0.2) is 0 Å². The molecule has 1 saturated carbocycles. The normalized spacial score (nSPS) is 20.4. The van der Waals surface area contributed by atoms with Crippen LogP contribution in [0.15, 0.2) is 42.7 Å². The summed E-state index contributed by atoms with van der Waals surface area (Å²) in [5.74, 6) is 0.945. The minimum Gasteiger partial charge on any atom is -0.496 e. The van der Waals surface area contributed by atoms with Gasteiger partial charge < -0.3 is 24.3 Å². The van der Waals surface area contributed by atoms with Crippen LogP contribution in [0.5, 0.6) is 11.5 Å². The van der Waals surface area contributed by atoms with Gasteiger partial charge >= 0.3 is 0 Å². The highest BCUT2D eigenvalue weighted by atomic mass is 16.5. The number of carbonyl (C=O) groups excluding carboxylic acids is 2. The maximum atomic E-state index is 14.0. The Bertz CT molecular complexity index is 1230. The van der Waals surface area contributed by atoms with Crippen LogP contribution in [-0.4, -0.2) is 52.1 Å². The SMILES string of the molecule is COc1ccc(OC)c2c1cc1n2CC(C)(C(=O)NC2CCCC2)N(Cc2cccnc2)C1=O. The van der Waals surface area contributed by atoms with Gasteiger partial charge in [-0.1, -0.05) is 18.9 Å². The van der Waals surface area contributed by atoms with E-state index in [2.05, 4.69) is 10.3 Å². The van der Waals surface area contributed by atoms with Gasteiger partial charge in [0.25, 0.3) is 5.91 Å². The highest BCUT2D eigenvalue weighted by molar-refractivity contribution is 6.05. The zero-order valence-electron chi connectivity index (χ0n) is 19.8. The zero-order valence-corrected chi connectivity index (χ0v) is 19.8. The number of ether oxygens (including phenoxy) is 2. The fraction of sp³-hybridized carbons (Fsp3) is 0.423. The Morgan fingerprint density at radius 2 is 1.91 bits per heavy atom. The molecule has 0 saturated heterocycles. The second-order valence-corrected chi connectivity index (χ2v) is 9.33. The highest BCUT2D eigenvalue weighted by Gasteiger charge is 2.48. The molecule has 0 spiro atoms. The molecule has 1 N–H and O–H groups in total. The minimum atomic E-state index is -1.09. The summed E-state index contributed by atoms with van der Waals surface area (Å²) in [6.45, 7) is 2.45. The van der Waals surface area contributed by atoms with Crippen LogP contribution in [0.3, 0.4) is 0 Å². The van der Waals surface area contributed by atoms with Gasteiger partial charge in [0.05, 0.1) is 26.3 Å². The predicted molar refractivity (Wildman–Crippen MR) is 128 cm³/mol. The topological polar surface area (TPSA) is 85.7 Å². The number of nitrogens with zero attached hydrogens (tertiary/aromatic N) is 3. The molecule has 178 valence electrons. The van der Waals surface area contributed by atoms with Gasteiger partial charge in [-0.05, 0) is 49.6 Å². The lowest BCUT2D eigenvalue weighted by molar-refractivity contribution is -0.133. The van der Waals surface area contributed by atoms with Gasteiger partial charge in [-0.15, -0.1) is 0 Å². The molecule has 1 atom stereocenters. The third kappa shape index (κ3) is 3.57. The molecule has 5 rings (SSSR count). The van der Waals surface area contributed by atoms with Gasteiger partial charge in [0, 0.05) is 30.4 Å². The molecule has 8 nitrogen and oxygen atoms in total. The molecule has 1 fully saturated rings. The van der Waals surface area contributed by atoms with Gasteiger partial charge in [-0.3, -0.25) is 14.6 Å². The number of hydrogen-bond acceptors (Lipinski definition) is 5. The molecule has 1 unspecified atom stereocenters. The van der Waals surface area contributed by atoms with Crippen LogP contribution >= 0.6 is 0 Å². The van der Waals surface area contributed by atoms with Crippen molar-refractivity contribution >= 4 is 22.7 Å². The van der Waals surface area contributed by atoms with Crippen molar-refractivity contribution in [1.29, 1.82) is 0 Å². The van der Waals surface area contributed by atoms with E-state index in [1.165, 1.54) is 0 Å². The van der Waals surface area contributed by atoms with E-state index in [0.29, 0.717) is 23.7 Å². The Balaban J connectivity index is 1.64. The quantitative estimate of drug-likeness (QED) is 0.606. The van der Waals surface area contributed by atoms with Crippen molar-refractivity contribution in [2.45, 2.75) is 57.3 Å². The lowest BCUT2D eigenvalue weighted by Gasteiger charge is -2.44. The van der Waals surface area contributed by atoms with Crippen LogP contribution in [0.2, 0.25) is 0 Å². The summed E-state index contributed by atoms with van der Waals surface area (Å²) in [4.78, 5) is 33.6. The lowest BCUT2D eigenvalue weighted by Crippen LogP contribution is -2.64. The second-order valence-electron chi connectivity index (χ2n) is 9.33. The van der Waals surface area contributed by atoms with E-state index >= 15 is 0 Å². The van der Waals surface area contributed by atoms with Crippen molar-refractivity contribution in [2.75, 3.05) is 14.2 Å². The van der Waals surface area contributed by atoms with Crippen LogP contribution in [-0.2, 0) is 17.9 Å². The standard InChI is InChI=1S/C26H30N4O4/c1-26(25(32)28-18-8-4-5-9-18)16-29-20(24(31)30(26)15-17-7-6-12-27-14-17)13-19-21(33-2)10-11-22(34-3)23(19)29/h6-7,10-14,18H,4-5,8-9,15-16H2,1-3H3,(H,28,32). The van der Waals surface area contributed by atoms with Crippen molar-refractivity contribution in [1.82, 2.24) is 19.8 Å². The average molecular weight is 463 g/mol. The van der Waals surface area contributed by atoms with Gasteiger partial charge in [0.2, 0.25) is 5.91 Å². The van der Waals surface area contributed by atoms with Gasteiger partial charge in [-0.2, -0.15) is 0 Å². The maximum absolute atomic E-state index is 14.0. The smallest absolute Gasteiger partial charge is 0.271 e. The summed E-state index contributed by atoms with van der Waals surface area (Å²) in [7, 11) is 3.21. The molecule has 1 aromatic carbocycles. The number of hydrogen-bond donors (Lipinski definition) is 1. The fourth-order valence-electron chi connectivity index (χ4n) is 5.29. The van der Waals surface area contributed by atoms with Gasteiger partial charge in [0.15, 0.2) is 0 Å². The first-order valence-corrected chi connectivity index (χ1v) is 11.7. The molecule has 3 aromatic rings. The molecule has 34 heavy (non-hydrogen) atoms. The molecule has 1 aliphatic heterocycles. The first-order chi connectivity index (χ1) is 16.5. The number of amides is 2. The molecule has 2 aliphatic rings. The number of aromatic nitrogens is 2. The summed E-state index contributed by atoms with van der Waals surface area (Å²) in [6, 6.07) is 9.41. The van der Waals surface area contributed by atoms with E-state index in [0.717, 1.165) is 42.1 Å². The number of methoxy groups -OCH3 is 2. The summed E-state index contributed by atoms with van der Waals surface area (Å²) < 4.78 is 13.1. The molecule has 2 amide bonds. The van der Waals surface area contributed by atoms with Crippen LogP contribution in [0.25, 0.3) is 10.9 Å². The minimum absolute atomic E-state index is 0.133. The van der Waals surface area contributed by atoms with E-state index in [-0.39, 0.29) is 24.4 Å². The number of carbonyl (C=O) groups is 2. The summed E-state index contributed by atoms with van der Waals surface area (Å²) in [5.41, 5.74) is 1.04.